The van der Waals surface area contributed by atoms with Gasteiger partial charge >= 0.3 is 5.97 Å². The number of thiazole rings is 1. The first-order valence-electron chi connectivity index (χ1n) is 6.00. The number of hydrogen-bond donors (Lipinski definition) is 1. The number of carbonyl (C=O) groups is 1. The van der Waals surface area contributed by atoms with Gasteiger partial charge in [-0.1, -0.05) is 12.1 Å². The van der Waals surface area contributed by atoms with Gasteiger partial charge in [-0.3, -0.25) is 0 Å². The molecular weight excluding hydrogens is 274 g/mol. The zero-order chi connectivity index (χ0) is 14.1. The summed E-state index contributed by atoms with van der Waals surface area (Å²) in [4.78, 5) is 16.5. The molecule has 0 aliphatic carbocycles. The average molecular weight is 285 g/mol. The van der Waals surface area contributed by atoms with E-state index in [2.05, 4.69) is 4.98 Å². The smallest absolute Gasteiger partial charge is 0.335 e. The fourth-order valence-corrected chi connectivity index (χ4v) is 2.84. The van der Waals surface area contributed by atoms with Crippen molar-refractivity contribution in [1.82, 2.24) is 4.98 Å². The van der Waals surface area contributed by atoms with Crippen molar-refractivity contribution in [3.05, 3.63) is 53.1 Å². The van der Waals surface area contributed by atoms with Gasteiger partial charge in [0.15, 0.2) is 5.76 Å². The average Bonchev–Trinajstić information content (AvgIpc) is 3.07. The molecule has 3 aromatic rings. The van der Waals surface area contributed by atoms with Gasteiger partial charge in [-0.15, -0.1) is 11.3 Å². The van der Waals surface area contributed by atoms with Crippen molar-refractivity contribution < 1.29 is 14.3 Å². The predicted octanol–water partition coefficient (Wildman–Crippen LogP) is 4.08. The van der Waals surface area contributed by atoms with Crippen molar-refractivity contribution in [2.75, 3.05) is 0 Å². The topological polar surface area (TPSA) is 63.3 Å². The predicted molar refractivity (Wildman–Crippen MR) is 76.9 cm³/mol. The molecule has 1 aromatic carbocycles. The lowest BCUT2D eigenvalue weighted by molar-refractivity contribution is 0.0697. The summed E-state index contributed by atoms with van der Waals surface area (Å²) < 4.78 is 5.37. The molecule has 0 unspecified atom stereocenters. The van der Waals surface area contributed by atoms with E-state index in [1.165, 1.54) is 0 Å². The molecule has 2 aromatic heterocycles. The Balaban J connectivity index is 1.99. The summed E-state index contributed by atoms with van der Waals surface area (Å²) in [6.07, 6.45) is 1.62. The molecule has 0 aliphatic heterocycles. The maximum Gasteiger partial charge on any atom is 0.335 e. The van der Waals surface area contributed by atoms with Gasteiger partial charge in [-0.05, 0) is 31.2 Å². The molecule has 5 heteroatoms. The second-order valence-electron chi connectivity index (χ2n) is 4.28. The van der Waals surface area contributed by atoms with Crippen molar-refractivity contribution in [1.29, 1.82) is 0 Å². The van der Waals surface area contributed by atoms with E-state index in [9.17, 15) is 4.79 Å². The normalized spacial score (nSPS) is 10.7. The highest BCUT2D eigenvalue weighted by Crippen LogP contribution is 2.33. The van der Waals surface area contributed by atoms with Gasteiger partial charge in [-0.25, -0.2) is 9.78 Å². The quantitative estimate of drug-likeness (QED) is 0.787. The van der Waals surface area contributed by atoms with Crippen LogP contribution in [-0.2, 0) is 0 Å². The largest absolute Gasteiger partial charge is 0.478 e. The first kappa shape index (κ1) is 12.6. The van der Waals surface area contributed by atoms with E-state index in [1.807, 2.05) is 19.1 Å². The molecule has 0 radical (unpaired) electrons. The fourth-order valence-electron chi connectivity index (χ4n) is 1.92. The second-order valence-corrected chi connectivity index (χ2v) is 5.49. The number of hydrogen-bond acceptors (Lipinski definition) is 4. The van der Waals surface area contributed by atoms with Gasteiger partial charge < -0.3 is 9.52 Å². The molecule has 0 aliphatic rings. The fraction of sp³-hybridized carbons (Fsp3) is 0.0667. The molecule has 0 spiro atoms. The van der Waals surface area contributed by atoms with Crippen LogP contribution in [0.2, 0.25) is 0 Å². The van der Waals surface area contributed by atoms with Crippen LogP contribution in [0.5, 0.6) is 0 Å². The van der Waals surface area contributed by atoms with Gasteiger partial charge in [0.05, 0.1) is 11.8 Å². The number of aromatic carboxylic acids is 1. The van der Waals surface area contributed by atoms with Gasteiger partial charge in [0.1, 0.15) is 10.7 Å². The minimum Gasteiger partial charge on any atom is -0.478 e. The van der Waals surface area contributed by atoms with Crippen LogP contribution in [-0.4, -0.2) is 16.1 Å². The Bertz CT molecular complexity index is 742. The van der Waals surface area contributed by atoms with Crippen LogP contribution in [0.25, 0.3) is 22.0 Å². The van der Waals surface area contributed by atoms with E-state index in [-0.39, 0.29) is 5.56 Å². The maximum atomic E-state index is 10.8. The van der Waals surface area contributed by atoms with E-state index in [0.29, 0.717) is 0 Å². The second kappa shape index (κ2) is 4.94. The number of rotatable bonds is 3. The summed E-state index contributed by atoms with van der Waals surface area (Å²) in [5.41, 5.74) is 2.01. The van der Waals surface area contributed by atoms with E-state index in [1.54, 1.807) is 41.9 Å². The number of carboxylic acids is 1. The van der Waals surface area contributed by atoms with E-state index < -0.39 is 5.97 Å². The Labute approximate surface area is 119 Å². The van der Waals surface area contributed by atoms with Gasteiger partial charge in [0, 0.05) is 10.4 Å². The highest BCUT2D eigenvalue weighted by atomic mass is 32.1. The van der Waals surface area contributed by atoms with Crippen LogP contribution >= 0.6 is 11.3 Å². The monoisotopic (exact) mass is 285 g/mol. The lowest BCUT2D eigenvalue weighted by Gasteiger charge is -1.97. The zero-order valence-electron chi connectivity index (χ0n) is 10.7. The third-order valence-electron chi connectivity index (χ3n) is 2.93. The number of aryl methyl sites for hydroxylation is 1. The van der Waals surface area contributed by atoms with Crippen LogP contribution in [0.15, 0.2) is 47.1 Å². The van der Waals surface area contributed by atoms with Crippen LogP contribution < -0.4 is 0 Å². The number of nitrogens with zero attached hydrogens (tertiary/aromatic N) is 1. The maximum absolute atomic E-state index is 10.8. The molecule has 20 heavy (non-hydrogen) atoms. The molecular formula is C15H11NO3S. The Morgan fingerprint density at radius 2 is 2.00 bits per heavy atom. The molecule has 100 valence electrons. The molecule has 0 atom stereocenters. The molecule has 2 heterocycles. The van der Waals surface area contributed by atoms with Crippen molar-refractivity contribution in [3.8, 4) is 22.0 Å². The number of furan rings is 1. The Morgan fingerprint density at radius 1 is 1.25 bits per heavy atom. The highest BCUT2D eigenvalue weighted by Gasteiger charge is 2.13. The van der Waals surface area contributed by atoms with Crippen LogP contribution in [0.1, 0.15) is 15.2 Å². The lowest BCUT2D eigenvalue weighted by Crippen LogP contribution is -1.94. The van der Waals surface area contributed by atoms with Gasteiger partial charge in [-0.2, -0.15) is 0 Å². The first-order valence-corrected chi connectivity index (χ1v) is 6.82. The number of carboxylic acid groups (broad SMARTS) is 1. The standard InChI is InChI=1S/C15H11NO3S/c1-9-13(12-3-2-8-19-12)16-14(20-9)10-4-6-11(7-5-10)15(17)18/h2-8H,1H3,(H,17,18). The molecule has 0 saturated carbocycles. The lowest BCUT2D eigenvalue weighted by atomic mass is 10.1. The highest BCUT2D eigenvalue weighted by molar-refractivity contribution is 7.15. The Kier molecular flexibility index (Phi) is 3.12. The minimum absolute atomic E-state index is 0.272. The van der Waals surface area contributed by atoms with Crippen LogP contribution in [0.4, 0.5) is 0 Å². The third kappa shape index (κ3) is 2.23. The SMILES string of the molecule is Cc1sc(-c2ccc(C(=O)O)cc2)nc1-c1ccco1. The molecule has 4 nitrogen and oxygen atoms in total. The molecule has 3 rings (SSSR count). The van der Waals surface area contributed by atoms with Crippen molar-refractivity contribution in [2.45, 2.75) is 6.92 Å². The number of aromatic nitrogens is 1. The number of benzene rings is 1. The summed E-state index contributed by atoms with van der Waals surface area (Å²) in [7, 11) is 0. The third-order valence-corrected chi connectivity index (χ3v) is 3.95. The van der Waals surface area contributed by atoms with E-state index in [4.69, 9.17) is 9.52 Å². The van der Waals surface area contributed by atoms with Crippen LogP contribution in [0.3, 0.4) is 0 Å². The van der Waals surface area contributed by atoms with E-state index in [0.717, 1.165) is 26.9 Å². The molecule has 1 N–H and O–H groups in total. The summed E-state index contributed by atoms with van der Waals surface area (Å²) in [6, 6.07) is 10.4. The van der Waals surface area contributed by atoms with Gasteiger partial charge in [0.2, 0.25) is 0 Å². The Hall–Kier alpha value is -2.40. The molecule has 0 bridgehead atoms. The van der Waals surface area contributed by atoms with Crippen molar-refractivity contribution in [3.63, 3.8) is 0 Å². The molecule has 0 amide bonds. The van der Waals surface area contributed by atoms with Crippen molar-refractivity contribution >= 4 is 17.3 Å². The summed E-state index contributed by atoms with van der Waals surface area (Å²) >= 11 is 1.56. The summed E-state index contributed by atoms with van der Waals surface area (Å²) in [5, 5.41) is 9.75. The zero-order valence-corrected chi connectivity index (χ0v) is 11.5. The summed E-state index contributed by atoms with van der Waals surface area (Å²) in [6.45, 7) is 1.99. The minimum atomic E-state index is -0.928. The van der Waals surface area contributed by atoms with E-state index >= 15 is 0 Å². The Morgan fingerprint density at radius 3 is 2.60 bits per heavy atom. The summed E-state index contributed by atoms with van der Waals surface area (Å²) in [5.74, 6) is -0.185. The first-order chi connectivity index (χ1) is 9.65. The van der Waals surface area contributed by atoms with Crippen molar-refractivity contribution in [2.24, 2.45) is 0 Å². The molecule has 0 saturated heterocycles. The van der Waals surface area contributed by atoms with Crippen LogP contribution in [0, 0.1) is 6.92 Å². The van der Waals surface area contributed by atoms with Gasteiger partial charge in [0.25, 0.3) is 0 Å². The molecule has 0 fully saturated rings.